The van der Waals surface area contributed by atoms with Gasteiger partial charge in [0.15, 0.2) is 12.6 Å². The quantitative estimate of drug-likeness (QED) is 0.0204. The zero-order chi connectivity index (χ0) is 65.9. The summed E-state index contributed by atoms with van der Waals surface area (Å²) in [5.74, 6) is -0.242. The van der Waals surface area contributed by atoms with E-state index in [4.69, 9.17) is 18.9 Å². The van der Waals surface area contributed by atoms with Crippen molar-refractivity contribution >= 4 is 5.91 Å². The third-order valence-electron chi connectivity index (χ3n) is 19.0. The average Bonchev–Trinajstić information content (AvgIpc) is 1.04. The molecule has 91 heavy (non-hydrogen) atoms. The normalized spacial score (nSPS) is 22.9. The van der Waals surface area contributed by atoms with Crippen LogP contribution in [0.2, 0.25) is 0 Å². The third kappa shape index (κ3) is 45.4. The predicted molar refractivity (Wildman–Crippen MR) is 374 cm³/mol. The van der Waals surface area contributed by atoms with Gasteiger partial charge in [-0.05, 0) is 57.8 Å². The lowest BCUT2D eigenvalue weighted by Crippen LogP contribution is -2.65. The van der Waals surface area contributed by atoms with E-state index in [0.29, 0.717) is 12.8 Å². The number of hydrogen-bond donors (Lipinski definition) is 9. The van der Waals surface area contributed by atoms with Gasteiger partial charge in [0.1, 0.15) is 48.8 Å². The van der Waals surface area contributed by atoms with Crippen molar-refractivity contribution in [1.82, 2.24) is 5.32 Å². The monoisotopic (exact) mass is 1290 g/mol. The molecule has 0 spiro atoms. The maximum atomic E-state index is 13.3. The summed E-state index contributed by atoms with van der Waals surface area (Å²) in [5.41, 5.74) is 0. The Kier molecular flexibility index (Phi) is 57.9. The Hall–Kier alpha value is -1.79. The minimum atomic E-state index is -1.79. The fraction of sp³-hybridized carbons (Fsp3) is 0.909. The van der Waals surface area contributed by atoms with Crippen molar-refractivity contribution in [2.24, 2.45) is 0 Å². The highest BCUT2D eigenvalue weighted by molar-refractivity contribution is 5.76. The van der Waals surface area contributed by atoms with Crippen molar-refractivity contribution in [2.75, 3.05) is 19.8 Å². The Balaban J connectivity index is 1.59. The summed E-state index contributed by atoms with van der Waals surface area (Å²) in [6, 6.07) is -0.931. The van der Waals surface area contributed by atoms with Crippen LogP contribution >= 0.6 is 0 Å². The first kappa shape index (κ1) is 85.3. The largest absolute Gasteiger partial charge is 0.394 e. The van der Waals surface area contributed by atoms with Crippen LogP contribution in [0.15, 0.2) is 36.5 Å². The number of unbranched alkanes of at least 4 members (excludes halogenated alkanes) is 48. The number of allylic oxidation sites excluding steroid dienone is 5. The van der Waals surface area contributed by atoms with E-state index >= 15 is 0 Å². The highest BCUT2D eigenvalue weighted by Crippen LogP contribution is 2.30. The molecule has 14 nitrogen and oxygen atoms in total. The zero-order valence-electron chi connectivity index (χ0n) is 58.6. The first-order valence-electron chi connectivity index (χ1n) is 38.7. The molecule has 0 aromatic carbocycles. The second-order valence-electron chi connectivity index (χ2n) is 27.5. The van der Waals surface area contributed by atoms with E-state index in [1.165, 1.54) is 289 Å². The van der Waals surface area contributed by atoms with Crippen LogP contribution in [0.3, 0.4) is 0 Å². The fourth-order valence-corrected chi connectivity index (χ4v) is 12.9. The lowest BCUT2D eigenvalue weighted by atomic mass is 9.97. The fourth-order valence-electron chi connectivity index (χ4n) is 12.9. The van der Waals surface area contributed by atoms with E-state index in [9.17, 15) is 45.6 Å². The second kappa shape index (κ2) is 61.8. The number of carbonyl (C=O) groups is 1. The summed E-state index contributed by atoms with van der Waals surface area (Å²) in [6.07, 6.45) is 63.8. The molecule has 536 valence electrons. The van der Waals surface area contributed by atoms with E-state index in [1.54, 1.807) is 6.08 Å². The first-order valence-corrected chi connectivity index (χ1v) is 38.7. The Morgan fingerprint density at radius 1 is 0.385 bits per heavy atom. The number of hydrogen-bond acceptors (Lipinski definition) is 13. The molecule has 0 radical (unpaired) electrons. The molecule has 12 unspecified atom stereocenters. The Labute approximate surface area is 557 Å². The van der Waals surface area contributed by atoms with Crippen LogP contribution in [-0.4, -0.2) is 140 Å². The molecule has 0 aromatic rings. The van der Waals surface area contributed by atoms with Crippen LogP contribution in [0.5, 0.6) is 0 Å². The van der Waals surface area contributed by atoms with E-state index in [-0.39, 0.29) is 18.9 Å². The molecule has 12 atom stereocenters. The van der Waals surface area contributed by atoms with Crippen LogP contribution < -0.4 is 5.32 Å². The predicted octanol–water partition coefficient (Wildman–Crippen LogP) is 16.9. The maximum absolute atomic E-state index is 13.3. The van der Waals surface area contributed by atoms with Gasteiger partial charge in [-0.3, -0.25) is 4.79 Å². The second-order valence-corrected chi connectivity index (χ2v) is 27.5. The van der Waals surface area contributed by atoms with Crippen molar-refractivity contribution < 1.29 is 64.6 Å². The van der Waals surface area contributed by atoms with Gasteiger partial charge < -0.3 is 65.1 Å². The van der Waals surface area contributed by atoms with Crippen molar-refractivity contribution in [3.8, 4) is 0 Å². The van der Waals surface area contributed by atoms with Crippen molar-refractivity contribution in [3.63, 3.8) is 0 Å². The minimum Gasteiger partial charge on any atom is -0.394 e. The molecule has 2 aliphatic rings. The summed E-state index contributed by atoms with van der Waals surface area (Å²) < 4.78 is 22.9. The molecule has 9 N–H and O–H groups in total. The average molecular weight is 1290 g/mol. The number of carbonyl (C=O) groups excluding carboxylic acids is 1. The minimum absolute atomic E-state index is 0.242. The molecule has 0 bridgehead atoms. The van der Waals surface area contributed by atoms with Gasteiger partial charge in [-0.2, -0.15) is 0 Å². The van der Waals surface area contributed by atoms with Crippen molar-refractivity contribution in [1.29, 1.82) is 0 Å². The van der Waals surface area contributed by atoms with E-state index in [0.717, 1.165) is 32.1 Å². The Morgan fingerprint density at radius 3 is 1.08 bits per heavy atom. The smallest absolute Gasteiger partial charge is 0.220 e. The number of rotatable bonds is 65. The summed E-state index contributed by atoms with van der Waals surface area (Å²) >= 11 is 0. The standard InChI is InChI=1S/C77H145NO13/c1-3-5-7-9-11-13-15-17-19-21-23-25-26-27-28-29-30-31-32-33-34-35-36-37-38-39-40-41-43-45-47-49-51-53-55-57-59-61-69(82)78-65(66(81)60-58-56-54-52-50-48-46-44-42-24-22-20-18-16-14-12-10-8-6-4-2)64-88-76-74(87)72(85)75(68(63-80)90-76)91-77-73(86)71(84)70(83)67(62-79)89-77/h21,23,50,52,58,60,65-68,70-77,79-81,83-87H,3-20,22,24-49,51,53-57,59,61-64H2,1-2H3,(H,78,82)/b23-21-,52-50+,60-58+. The molecule has 0 saturated carbocycles. The van der Waals surface area contributed by atoms with Crippen molar-refractivity contribution in [3.05, 3.63) is 36.5 Å². The van der Waals surface area contributed by atoms with Crippen LogP contribution in [0.25, 0.3) is 0 Å². The van der Waals surface area contributed by atoms with Gasteiger partial charge in [0.25, 0.3) is 0 Å². The third-order valence-corrected chi connectivity index (χ3v) is 19.0. The van der Waals surface area contributed by atoms with Gasteiger partial charge in [0.2, 0.25) is 5.91 Å². The summed E-state index contributed by atoms with van der Waals surface area (Å²) in [7, 11) is 0. The molecule has 2 rings (SSSR count). The van der Waals surface area contributed by atoms with E-state index in [1.807, 2.05) is 6.08 Å². The Morgan fingerprint density at radius 2 is 0.703 bits per heavy atom. The van der Waals surface area contributed by atoms with E-state index < -0.39 is 86.8 Å². The number of amides is 1. The number of ether oxygens (including phenoxy) is 4. The molecular formula is C77H145NO13. The number of aliphatic hydroxyl groups is 8. The maximum Gasteiger partial charge on any atom is 0.220 e. The van der Waals surface area contributed by atoms with Gasteiger partial charge >= 0.3 is 0 Å². The number of aliphatic hydroxyl groups excluding tert-OH is 8. The first-order chi connectivity index (χ1) is 44.6. The molecule has 2 saturated heterocycles. The van der Waals surface area contributed by atoms with Crippen molar-refractivity contribution in [2.45, 2.75) is 428 Å². The molecule has 0 aliphatic carbocycles. The van der Waals surface area contributed by atoms with E-state index in [2.05, 4.69) is 43.5 Å². The SMILES string of the molecule is CCCCCCCCCC/C=C\CCCCCCCCCCCCCCCCCCCCCCCCCCCC(=O)NC(COC1OC(CO)C(OC2OC(CO)C(O)C(O)C2O)C(O)C1O)C(O)/C=C/CC/C=C/CCCCCCCCCCCCCCCC. The molecule has 2 aliphatic heterocycles. The van der Waals surface area contributed by atoms with Crippen LogP contribution in [0.4, 0.5) is 0 Å². The Bertz CT molecular complexity index is 1670. The van der Waals surface area contributed by atoms with Gasteiger partial charge in [-0.1, -0.05) is 326 Å². The van der Waals surface area contributed by atoms with Gasteiger partial charge in [-0.15, -0.1) is 0 Å². The summed E-state index contributed by atoms with van der Waals surface area (Å²) in [6.45, 7) is 2.83. The zero-order valence-corrected chi connectivity index (χ0v) is 58.6. The van der Waals surface area contributed by atoms with Gasteiger partial charge in [0, 0.05) is 6.42 Å². The van der Waals surface area contributed by atoms with Crippen LogP contribution in [0, 0.1) is 0 Å². The topological polar surface area (TPSA) is 228 Å². The molecule has 1 amide bonds. The molecule has 0 aromatic heterocycles. The highest BCUT2D eigenvalue weighted by atomic mass is 16.7. The summed E-state index contributed by atoms with van der Waals surface area (Å²) in [4.78, 5) is 13.3. The molecule has 2 fully saturated rings. The molecule has 2 heterocycles. The molecule has 14 heteroatoms. The highest BCUT2D eigenvalue weighted by Gasteiger charge is 2.51. The molecular weight excluding hydrogens is 1150 g/mol. The van der Waals surface area contributed by atoms with Crippen LogP contribution in [-0.2, 0) is 23.7 Å². The lowest BCUT2D eigenvalue weighted by molar-refractivity contribution is -0.359. The van der Waals surface area contributed by atoms with Gasteiger partial charge in [0.05, 0.1) is 32.0 Å². The lowest BCUT2D eigenvalue weighted by Gasteiger charge is -2.46. The summed E-state index contributed by atoms with van der Waals surface area (Å²) in [5, 5.41) is 87.5. The van der Waals surface area contributed by atoms with Crippen LogP contribution in [0.1, 0.15) is 354 Å². The van der Waals surface area contributed by atoms with Gasteiger partial charge in [-0.25, -0.2) is 0 Å². The number of nitrogens with one attached hydrogen (secondary N) is 1.